The van der Waals surface area contributed by atoms with Crippen LogP contribution in [-0.4, -0.2) is 24.0 Å². The van der Waals surface area contributed by atoms with E-state index in [4.69, 9.17) is 5.11 Å². The van der Waals surface area contributed by atoms with Crippen LogP contribution in [0.3, 0.4) is 0 Å². The quantitative estimate of drug-likeness (QED) is 0.837. The first-order valence-corrected chi connectivity index (χ1v) is 5.65. The summed E-state index contributed by atoms with van der Waals surface area (Å²) in [4.78, 5) is 24.1. The van der Waals surface area contributed by atoms with Crippen molar-refractivity contribution in [1.82, 2.24) is 0 Å². The van der Waals surface area contributed by atoms with E-state index < -0.39 is 17.8 Å². The molecule has 0 bridgehead atoms. The molecule has 0 saturated carbocycles. The van der Waals surface area contributed by atoms with Gasteiger partial charge in [-0.05, 0) is 37.1 Å². The fourth-order valence-corrected chi connectivity index (χ4v) is 1.65. The number of anilines is 1. The second-order valence-corrected chi connectivity index (χ2v) is 4.13. The Balaban J connectivity index is 2.99. The molecule has 1 amide bonds. The van der Waals surface area contributed by atoms with Crippen LogP contribution in [-0.2, 0) is 9.59 Å². The average molecular weight is 253 g/mol. The van der Waals surface area contributed by atoms with Gasteiger partial charge in [0.05, 0.1) is 0 Å². The van der Waals surface area contributed by atoms with E-state index >= 15 is 0 Å². The lowest BCUT2D eigenvalue weighted by Gasteiger charge is -2.21. The van der Waals surface area contributed by atoms with Gasteiger partial charge in [0.25, 0.3) is 0 Å². The van der Waals surface area contributed by atoms with Crippen molar-refractivity contribution in [3.63, 3.8) is 0 Å². The molecule has 1 aromatic rings. The number of hydrogen-bond donors (Lipinski definition) is 1. The molecule has 0 aliphatic rings. The van der Waals surface area contributed by atoms with Gasteiger partial charge in [0.15, 0.2) is 0 Å². The maximum Gasteiger partial charge on any atom is 0.316 e. The van der Waals surface area contributed by atoms with Gasteiger partial charge < -0.3 is 10.0 Å². The van der Waals surface area contributed by atoms with Crippen LogP contribution in [0.1, 0.15) is 18.9 Å². The summed E-state index contributed by atoms with van der Waals surface area (Å²) in [7, 11) is 1.49. The van der Waals surface area contributed by atoms with Gasteiger partial charge in [0, 0.05) is 12.7 Å². The van der Waals surface area contributed by atoms with Crippen molar-refractivity contribution in [3.8, 4) is 0 Å². The van der Waals surface area contributed by atoms with Crippen LogP contribution >= 0.6 is 0 Å². The lowest BCUT2D eigenvalue weighted by atomic mass is 10.0. The third kappa shape index (κ3) is 2.85. The molecule has 1 N–H and O–H groups in total. The number of carbonyl (C=O) groups is 2. The zero-order chi connectivity index (χ0) is 13.9. The molecular formula is C13H16FNO3. The number of benzene rings is 1. The standard InChI is InChI=1S/C13H16FNO3/c1-4-10(13(17)18)12(16)15(3)9-5-6-11(14)8(2)7-9/h5-7,10H,4H2,1-3H3,(H,17,18). The van der Waals surface area contributed by atoms with Crippen molar-refractivity contribution in [1.29, 1.82) is 0 Å². The van der Waals surface area contributed by atoms with Crippen molar-refractivity contribution in [3.05, 3.63) is 29.6 Å². The van der Waals surface area contributed by atoms with Gasteiger partial charge in [0.2, 0.25) is 5.91 Å². The highest BCUT2D eigenvalue weighted by Crippen LogP contribution is 2.20. The van der Waals surface area contributed by atoms with Crippen LogP contribution < -0.4 is 4.90 Å². The molecule has 18 heavy (non-hydrogen) atoms. The minimum absolute atomic E-state index is 0.221. The monoisotopic (exact) mass is 253 g/mol. The highest BCUT2D eigenvalue weighted by molar-refractivity contribution is 6.05. The van der Waals surface area contributed by atoms with Crippen LogP contribution in [0.4, 0.5) is 10.1 Å². The minimum atomic E-state index is -1.15. The average Bonchev–Trinajstić information content (AvgIpc) is 2.32. The Morgan fingerprint density at radius 1 is 1.44 bits per heavy atom. The van der Waals surface area contributed by atoms with E-state index in [0.717, 1.165) is 0 Å². The molecule has 0 aliphatic carbocycles. The van der Waals surface area contributed by atoms with Gasteiger partial charge in [-0.1, -0.05) is 6.92 Å². The lowest BCUT2D eigenvalue weighted by Crippen LogP contribution is -2.36. The van der Waals surface area contributed by atoms with Crippen molar-refractivity contribution >= 4 is 17.6 Å². The van der Waals surface area contributed by atoms with E-state index in [1.165, 1.54) is 30.1 Å². The first-order chi connectivity index (χ1) is 8.38. The Bertz CT molecular complexity index is 473. The van der Waals surface area contributed by atoms with E-state index in [0.29, 0.717) is 11.3 Å². The largest absolute Gasteiger partial charge is 0.481 e. The third-order valence-electron chi connectivity index (χ3n) is 2.86. The molecular weight excluding hydrogens is 237 g/mol. The van der Waals surface area contributed by atoms with Crippen molar-refractivity contribution < 1.29 is 19.1 Å². The molecule has 0 radical (unpaired) electrons. The number of nitrogens with zero attached hydrogens (tertiary/aromatic N) is 1. The molecule has 1 atom stereocenters. The summed E-state index contributed by atoms with van der Waals surface area (Å²) < 4.78 is 13.1. The summed E-state index contributed by atoms with van der Waals surface area (Å²) in [5, 5.41) is 8.93. The molecule has 4 nitrogen and oxygen atoms in total. The molecule has 98 valence electrons. The normalized spacial score (nSPS) is 12.0. The van der Waals surface area contributed by atoms with E-state index in [1.54, 1.807) is 13.8 Å². The van der Waals surface area contributed by atoms with Crippen molar-refractivity contribution in [2.75, 3.05) is 11.9 Å². The summed E-state index contributed by atoms with van der Waals surface area (Å²) in [5.74, 6) is -3.07. The Morgan fingerprint density at radius 2 is 2.06 bits per heavy atom. The molecule has 0 heterocycles. The first-order valence-electron chi connectivity index (χ1n) is 5.65. The van der Waals surface area contributed by atoms with E-state index in [-0.39, 0.29) is 12.2 Å². The number of carboxylic acid groups (broad SMARTS) is 1. The van der Waals surface area contributed by atoms with Crippen LogP contribution in [0.15, 0.2) is 18.2 Å². The summed E-state index contributed by atoms with van der Waals surface area (Å²) in [6.45, 7) is 3.23. The Hall–Kier alpha value is -1.91. The summed E-state index contributed by atoms with van der Waals surface area (Å²) in [6, 6.07) is 4.23. The SMILES string of the molecule is CCC(C(=O)O)C(=O)N(C)c1ccc(F)c(C)c1. The Kier molecular flexibility index (Phi) is 4.42. The van der Waals surface area contributed by atoms with Crippen molar-refractivity contribution in [2.45, 2.75) is 20.3 Å². The maximum atomic E-state index is 13.1. The van der Waals surface area contributed by atoms with Gasteiger partial charge in [0.1, 0.15) is 11.7 Å². The topological polar surface area (TPSA) is 57.6 Å². The fraction of sp³-hybridized carbons (Fsp3) is 0.385. The zero-order valence-corrected chi connectivity index (χ0v) is 10.6. The van der Waals surface area contributed by atoms with Gasteiger partial charge >= 0.3 is 5.97 Å². The number of amides is 1. The number of hydrogen-bond acceptors (Lipinski definition) is 2. The van der Waals surface area contributed by atoms with Gasteiger partial charge in [-0.25, -0.2) is 4.39 Å². The highest BCUT2D eigenvalue weighted by Gasteiger charge is 2.27. The predicted molar refractivity (Wildman–Crippen MR) is 66.0 cm³/mol. The van der Waals surface area contributed by atoms with Crippen LogP contribution in [0, 0.1) is 18.7 Å². The number of carbonyl (C=O) groups excluding carboxylic acids is 1. The van der Waals surface area contributed by atoms with E-state index in [1.807, 2.05) is 0 Å². The molecule has 0 fully saturated rings. The molecule has 0 saturated heterocycles. The maximum absolute atomic E-state index is 13.1. The lowest BCUT2D eigenvalue weighted by molar-refractivity contribution is -0.146. The fourth-order valence-electron chi connectivity index (χ4n) is 1.65. The zero-order valence-electron chi connectivity index (χ0n) is 10.6. The summed E-state index contributed by atoms with van der Waals surface area (Å²) in [5.41, 5.74) is 0.897. The summed E-state index contributed by atoms with van der Waals surface area (Å²) >= 11 is 0. The predicted octanol–water partition coefficient (Wildman–Crippen LogP) is 2.21. The Labute approximate surface area is 105 Å². The van der Waals surface area contributed by atoms with Gasteiger partial charge in [-0.3, -0.25) is 9.59 Å². The van der Waals surface area contributed by atoms with Crippen LogP contribution in [0.2, 0.25) is 0 Å². The van der Waals surface area contributed by atoms with Crippen molar-refractivity contribution in [2.24, 2.45) is 5.92 Å². The van der Waals surface area contributed by atoms with Gasteiger partial charge in [-0.15, -0.1) is 0 Å². The number of rotatable bonds is 4. The second kappa shape index (κ2) is 5.62. The third-order valence-corrected chi connectivity index (χ3v) is 2.86. The molecule has 0 aromatic heterocycles. The first kappa shape index (κ1) is 14.2. The molecule has 1 aromatic carbocycles. The van der Waals surface area contributed by atoms with Crippen LogP contribution in [0.25, 0.3) is 0 Å². The number of carboxylic acids is 1. The van der Waals surface area contributed by atoms with Crippen LogP contribution in [0.5, 0.6) is 0 Å². The molecule has 1 unspecified atom stereocenters. The highest BCUT2D eigenvalue weighted by atomic mass is 19.1. The molecule has 5 heteroatoms. The Morgan fingerprint density at radius 3 is 2.50 bits per heavy atom. The number of aliphatic carboxylic acids is 1. The number of halogens is 1. The molecule has 1 rings (SSSR count). The number of aryl methyl sites for hydroxylation is 1. The van der Waals surface area contributed by atoms with E-state index in [9.17, 15) is 14.0 Å². The van der Waals surface area contributed by atoms with E-state index in [2.05, 4.69) is 0 Å². The molecule has 0 aliphatic heterocycles. The van der Waals surface area contributed by atoms with Gasteiger partial charge in [-0.2, -0.15) is 0 Å². The second-order valence-electron chi connectivity index (χ2n) is 4.13. The molecule has 0 spiro atoms. The summed E-state index contributed by atoms with van der Waals surface area (Å²) in [6.07, 6.45) is 0.221. The minimum Gasteiger partial charge on any atom is -0.481 e. The smallest absolute Gasteiger partial charge is 0.316 e.